The summed E-state index contributed by atoms with van der Waals surface area (Å²) in [6.07, 6.45) is 2.62. The van der Waals surface area contributed by atoms with Crippen LogP contribution < -0.4 is 11.3 Å². The van der Waals surface area contributed by atoms with Gasteiger partial charge < -0.3 is 15.2 Å². The topological polar surface area (TPSA) is 121 Å². The first-order valence-electron chi connectivity index (χ1n) is 16.0. The molecule has 10 heteroatoms. The van der Waals surface area contributed by atoms with Crippen LogP contribution >= 0.6 is 0 Å². The Labute approximate surface area is 279 Å². The van der Waals surface area contributed by atoms with Crippen molar-refractivity contribution in [1.29, 1.82) is 0 Å². The molecule has 0 bridgehead atoms. The van der Waals surface area contributed by atoms with E-state index in [-0.39, 0.29) is 29.6 Å². The van der Waals surface area contributed by atoms with Gasteiger partial charge in [0, 0.05) is 11.6 Å². The normalized spacial score (nSPS) is 13.9. The maximum Gasteiger partial charge on any atom is 0.411 e. The standard InChI is InChI=1S/C38H40FN3O6/c1-24-22-27(16-20-31(24)39)34(44)30-19-21-32(43)42(35(30)40)28-17-14-25(15-18-28)23-41(37(46)48-38(2,3)4)33(26-10-6-5-7-11-26)36(45)47-29-12-8-9-13-29/h5-7,10-11,14-22,29,33H,8-9,12-13,23,40H2,1-4H3/t33-/m0/s1. The predicted octanol–water partition coefficient (Wildman–Crippen LogP) is 7.06. The molecule has 1 heterocycles. The summed E-state index contributed by atoms with van der Waals surface area (Å²) in [4.78, 5) is 55.2. The van der Waals surface area contributed by atoms with Crippen molar-refractivity contribution in [3.05, 3.63) is 129 Å². The van der Waals surface area contributed by atoms with E-state index in [4.69, 9.17) is 15.2 Å². The highest BCUT2D eigenvalue weighted by atomic mass is 19.1. The first kappa shape index (κ1) is 34.1. The number of nitrogens with zero attached hydrogens (tertiary/aromatic N) is 2. The van der Waals surface area contributed by atoms with Gasteiger partial charge in [-0.3, -0.25) is 19.1 Å². The molecule has 1 saturated carbocycles. The third-order valence-electron chi connectivity index (χ3n) is 8.21. The zero-order valence-electron chi connectivity index (χ0n) is 27.6. The van der Waals surface area contributed by atoms with Crippen molar-refractivity contribution in [2.45, 2.75) is 77.7 Å². The van der Waals surface area contributed by atoms with Gasteiger partial charge in [0.25, 0.3) is 5.56 Å². The molecule has 48 heavy (non-hydrogen) atoms. The van der Waals surface area contributed by atoms with Crippen molar-refractivity contribution in [1.82, 2.24) is 9.47 Å². The first-order valence-corrected chi connectivity index (χ1v) is 16.0. The fourth-order valence-electron chi connectivity index (χ4n) is 5.80. The van der Waals surface area contributed by atoms with Crippen LogP contribution in [-0.4, -0.2) is 39.0 Å². The molecule has 1 aromatic heterocycles. The van der Waals surface area contributed by atoms with Crippen molar-refractivity contribution in [3.63, 3.8) is 0 Å². The number of anilines is 1. The lowest BCUT2D eigenvalue weighted by molar-refractivity contribution is -0.155. The summed E-state index contributed by atoms with van der Waals surface area (Å²) in [6, 6.07) is 21.2. The average Bonchev–Trinajstić information content (AvgIpc) is 3.55. The Morgan fingerprint density at radius 2 is 1.62 bits per heavy atom. The molecule has 250 valence electrons. The van der Waals surface area contributed by atoms with E-state index < -0.39 is 40.9 Å². The molecule has 0 radical (unpaired) electrons. The number of ketones is 1. The molecule has 0 unspecified atom stereocenters. The second-order valence-corrected chi connectivity index (χ2v) is 13.0. The summed E-state index contributed by atoms with van der Waals surface area (Å²) >= 11 is 0. The van der Waals surface area contributed by atoms with E-state index in [1.54, 1.807) is 76.2 Å². The fraction of sp³-hybridized carbons (Fsp3) is 0.316. The van der Waals surface area contributed by atoms with Gasteiger partial charge in [-0.25, -0.2) is 14.0 Å². The summed E-state index contributed by atoms with van der Waals surface area (Å²) in [6.45, 7) is 6.81. The Kier molecular flexibility index (Phi) is 10.1. The number of hydrogen-bond acceptors (Lipinski definition) is 7. The molecule has 0 aliphatic heterocycles. The minimum Gasteiger partial charge on any atom is -0.461 e. The number of nitrogen functional groups attached to an aromatic ring is 1. The average molecular weight is 654 g/mol. The third-order valence-corrected chi connectivity index (χ3v) is 8.21. The second kappa shape index (κ2) is 14.3. The van der Waals surface area contributed by atoms with Crippen LogP contribution in [0.2, 0.25) is 0 Å². The van der Waals surface area contributed by atoms with Gasteiger partial charge in [-0.1, -0.05) is 42.5 Å². The van der Waals surface area contributed by atoms with E-state index in [0.717, 1.165) is 25.7 Å². The number of carbonyl (C=O) groups is 3. The van der Waals surface area contributed by atoms with Crippen LogP contribution in [0, 0.1) is 12.7 Å². The number of amides is 1. The van der Waals surface area contributed by atoms with Crippen LogP contribution in [-0.2, 0) is 20.8 Å². The van der Waals surface area contributed by atoms with Crippen LogP contribution in [0.5, 0.6) is 0 Å². The molecular formula is C38H40FN3O6. The number of nitrogens with two attached hydrogens (primary N) is 1. The molecule has 3 aromatic carbocycles. The zero-order valence-corrected chi connectivity index (χ0v) is 27.6. The molecule has 0 spiro atoms. The van der Waals surface area contributed by atoms with Gasteiger partial charge in [0.2, 0.25) is 0 Å². The first-order chi connectivity index (χ1) is 22.8. The van der Waals surface area contributed by atoms with Gasteiger partial charge in [0.15, 0.2) is 11.8 Å². The Balaban J connectivity index is 1.48. The van der Waals surface area contributed by atoms with Crippen molar-refractivity contribution in [3.8, 4) is 5.69 Å². The van der Waals surface area contributed by atoms with Crippen molar-refractivity contribution in [2.24, 2.45) is 0 Å². The number of benzene rings is 3. The van der Waals surface area contributed by atoms with Gasteiger partial charge in [-0.15, -0.1) is 0 Å². The molecule has 1 fully saturated rings. The highest BCUT2D eigenvalue weighted by Gasteiger charge is 2.37. The minimum absolute atomic E-state index is 0.0126. The number of aryl methyl sites for hydroxylation is 1. The minimum atomic E-state index is -1.07. The van der Waals surface area contributed by atoms with Crippen LogP contribution in [0.3, 0.4) is 0 Å². The Bertz CT molecular complexity index is 1860. The van der Waals surface area contributed by atoms with Crippen LogP contribution in [0.25, 0.3) is 5.69 Å². The van der Waals surface area contributed by atoms with E-state index in [0.29, 0.717) is 22.4 Å². The molecule has 9 nitrogen and oxygen atoms in total. The molecule has 5 rings (SSSR count). The van der Waals surface area contributed by atoms with Gasteiger partial charge >= 0.3 is 12.1 Å². The van der Waals surface area contributed by atoms with Crippen LogP contribution in [0.4, 0.5) is 15.0 Å². The third kappa shape index (κ3) is 7.82. The number of aromatic nitrogens is 1. The quantitative estimate of drug-likeness (QED) is 0.152. The molecule has 1 amide bonds. The Hall–Kier alpha value is -5.25. The summed E-state index contributed by atoms with van der Waals surface area (Å²) in [7, 11) is 0. The number of pyridine rings is 1. The zero-order chi connectivity index (χ0) is 34.6. The van der Waals surface area contributed by atoms with Gasteiger partial charge in [-0.05, 0) is 106 Å². The summed E-state index contributed by atoms with van der Waals surface area (Å²) in [5, 5.41) is 0. The largest absolute Gasteiger partial charge is 0.461 e. The predicted molar refractivity (Wildman–Crippen MR) is 180 cm³/mol. The molecule has 1 aliphatic rings. The fourth-order valence-corrected chi connectivity index (χ4v) is 5.80. The van der Waals surface area contributed by atoms with E-state index in [1.165, 1.54) is 39.8 Å². The maximum atomic E-state index is 13.8. The lowest BCUT2D eigenvalue weighted by atomic mass is 10.0. The molecule has 2 N–H and O–H groups in total. The summed E-state index contributed by atoms with van der Waals surface area (Å²) in [5.41, 5.74) is 7.35. The SMILES string of the molecule is Cc1cc(C(=O)c2ccc(=O)n(-c3ccc(CN(C(=O)OC(C)(C)C)[C@H](C(=O)OC4CCCC4)c4ccccc4)cc3)c2N)ccc1F. The smallest absolute Gasteiger partial charge is 0.411 e. The summed E-state index contributed by atoms with van der Waals surface area (Å²) in [5.74, 6) is -1.50. The lowest BCUT2D eigenvalue weighted by Gasteiger charge is -2.33. The highest BCUT2D eigenvalue weighted by Crippen LogP contribution is 2.30. The van der Waals surface area contributed by atoms with E-state index in [1.807, 2.05) is 6.07 Å². The van der Waals surface area contributed by atoms with Crippen molar-refractivity contribution >= 4 is 23.7 Å². The van der Waals surface area contributed by atoms with Crippen LogP contribution in [0.15, 0.2) is 89.7 Å². The number of rotatable bonds is 9. The van der Waals surface area contributed by atoms with Crippen LogP contribution in [0.1, 0.15) is 85.1 Å². The molecule has 4 aromatic rings. The lowest BCUT2D eigenvalue weighted by Crippen LogP contribution is -2.43. The number of carbonyl (C=O) groups excluding carboxylic acids is 3. The van der Waals surface area contributed by atoms with E-state index in [2.05, 4.69) is 0 Å². The van der Waals surface area contributed by atoms with Gasteiger partial charge in [0.1, 0.15) is 23.3 Å². The number of ether oxygens (including phenoxy) is 2. The monoisotopic (exact) mass is 653 g/mol. The Morgan fingerprint density at radius 1 is 0.958 bits per heavy atom. The number of hydrogen-bond donors (Lipinski definition) is 1. The Morgan fingerprint density at radius 3 is 2.25 bits per heavy atom. The molecule has 0 saturated heterocycles. The van der Waals surface area contributed by atoms with E-state index in [9.17, 15) is 23.6 Å². The van der Waals surface area contributed by atoms with Gasteiger partial charge in [0.05, 0.1) is 17.8 Å². The van der Waals surface area contributed by atoms with Crippen molar-refractivity contribution in [2.75, 3.05) is 5.73 Å². The van der Waals surface area contributed by atoms with Gasteiger partial charge in [-0.2, -0.15) is 0 Å². The highest BCUT2D eigenvalue weighted by molar-refractivity contribution is 6.11. The van der Waals surface area contributed by atoms with Crippen molar-refractivity contribution < 1.29 is 28.2 Å². The number of esters is 1. The molecule has 1 atom stereocenters. The number of halogens is 1. The second-order valence-electron chi connectivity index (χ2n) is 13.0. The maximum absolute atomic E-state index is 13.8. The van der Waals surface area contributed by atoms with E-state index >= 15 is 0 Å². The summed E-state index contributed by atoms with van der Waals surface area (Å²) < 4.78 is 26.7. The molecule has 1 aliphatic carbocycles. The molecular weight excluding hydrogens is 613 g/mol.